The summed E-state index contributed by atoms with van der Waals surface area (Å²) in [6, 6.07) is 46.6. The molecule has 0 saturated heterocycles. The monoisotopic (exact) mass is 624 g/mol. The molecule has 0 aliphatic carbocycles. The Balaban J connectivity index is 1.25. The lowest BCUT2D eigenvalue weighted by molar-refractivity contribution is 0.590. The molecule has 0 spiro atoms. The van der Waals surface area contributed by atoms with Crippen molar-refractivity contribution in [1.29, 1.82) is 0 Å². The Morgan fingerprint density at radius 1 is 0.354 bits per heavy atom. The highest BCUT2D eigenvalue weighted by atomic mass is 15.0. The molecule has 7 rings (SSSR count). The van der Waals surface area contributed by atoms with Crippen LogP contribution in [-0.2, 0) is 10.8 Å². The second-order valence-electron chi connectivity index (χ2n) is 14.5. The van der Waals surface area contributed by atoms with Crippen LogP contribution in [0.1, 0.15) is 52.7 Å². The maximum absolute atomic E-state index is 5.00. The van der Waals surface area contributed by atoms with Crippen LogP contribution in [0.3, 0.4) is 0 Å². The first-order chi connectivity index (χ1) is 23.0. The number of nitrogens with zero attached hydrogens (tertiary/aromatic N) is 4. The average molecular weight is 625 g/mol. The van der Waals surface area contributed by atoms with Gasteiger partial charge in [0.15, 0.2) is 17.5 Å². The van der Waals surface area contributed by atoms with Crippen LogP contribution in [0.2, 0.25) is 0 Å². The highest BCUT2D eigenvalue weighted by Gasteiger charge is 2.17. The zero-order valence-electron chi connectivity index (χ0n) is 28.5. The van der Waals surface area contributed by atoms with E-state index in [1.54, 1.807) is 0 Å². The van der Waals surface area contributed by atoms with E-state index < -0.39 is 0 Å². The normalized spacial score (nSPS) is 12.0. The standard InChI is InChI=1S/C44H40N4/c1-43(2,3)36-23-18-32(19-24-36)41-46-40(47-42(48-41)33-20-25-37(26-21-33)44(4,5)6)31-16-14-29(15-17-31)34-11-9-12-35(28-34)39-27-22-30-10-7-8-13-38(30)45-39/h7-28H,1-6H3. The van der Waals surface area contributed by atoms with Crippen LogP contribution in [0, 0.1) is 0 Å². The summed E-state index contributed by atoms with van der Waals surface area (Å²) in [7, 11) is 0. The molecule has 0 amide bonds. The Morgan fingerprint density at radius 2 is 0.812 bits per heavy atom. The second-order valence-corrected chi connectivity index (χ2v) is 14.5. The van der Waals surface area contributed by atoms with E-state index >= 15 is 0 Å². The van der Waals surface area contributed by atoms with Gasteiger partial charge in [-0.25, -0.2) is 19.9 Å². The minimum absolute atomic E-state index is 0.0655. The number of benzene rings is 5. The van der Waals surface area contributed by atoms with Gasteiger partial charge in [-0.2, -0.15) is 0 Å². The third-order valence-electron chi connectivity index (χ3n) is 8.89. The smallest absolute Gasteiger partial charge is 0.164 e. The molecule has 0 unspecified atom stereocenters. The van der Waals surface area contributed by atoms with Gasteiger partial charge < -0.3 is 0 Å². The minimum Gasteiger partial charge on any atom is -0.248 e. The van der Waals surface area contributed by atoms with E-state index in [4.69, 9.17) is 19.9 Å². The number of hydrogen-bond donors (Lipinski definition) is 0. The van der Waals surface area contributed by atoms with E-state index in [0.717, 1.165) is 50.0 Å². The number of aromatic nitrogens is 4. The summed E-state index contributed by atoms with van der Waals surface area (Å²) in [5.74, 6) is 1.97. The first-order valence-corrected chi connectivity index (χ1v) is 16.6. The lowest BCUT2D eigenvalue weighted by atomic mass is 9.86. The van der Waals surface area contributed by atoms with Gasteiger partial charge in [-0.1, -0.05) is 157 Å². The zero-order valence-corrected chi connectivity index (χ0v) is 28.5. The first kappa shape index (κ1) is 31.1. The molecule has 0 N–H and O–H groups in total. The largest absolute Gasteiger partial charge is 0.248 e. The van der Waals surface area contributed by atoms with E-state index in [9.17, 15) is 0 Å². The summed E-state index contributed by atoms with van der Waals surface area (Å²) in [6.07, 6.45) is 0. The molecule has 0 fully saturated rings. The molecule has 4 heteroatoms. The van der Waals surface area contributed by atoms with Crippen molar-refractivity contribution in [3.05, 3.63) is 145 Å². The molecule has 0 aliphatic rings. The summed E-state index contributed by atoms with van der Waals surface area (Å²) in [4.78, 5) is 19.9. The van der Waals surface area contributed by atoms with Crippen LogP contribution in [-0.4, -0.2) is 19.9 Å². The lowest BCUT2D eigenvalue weighted by Gasteiger charge is -2.19. The first-order valence-electron chi connectivity index (χ1n) is 16.6. The van der Waals surface area contributed by atoms with Gasteiger partial charge in [-0.15, -0.1) is 0 Å². The van der Waals surface area contributed by atoms with Crippen molar-refractivity contribution < 1.29 is 0 Å². The van der Waals surface area contributed by atoms with E-state index in [1.807, 2.05) is 12.1 Å². The maximum atomic E-state index is 5.00. The fourth-order valence-corrected chi connectivity index (χ4v) is 5.90. The van der Waals surface area contributed by atoms with Gasteiger partial charge >= 0.3 is 0 Å². The second kappa shape index (κ2) is 12.3. The van der Waals surface area contributed by atoms with E-state index in [0.29, 0.717) is 17.5 Å². The third-order valence-corrected chi connectivity index (χ3v) is 8.89. The van der Waals surface area contributed by atoms with Crippen molar-refractivity contribution in [3.8, 4) is 56.5 Å². The highest BCUT2D eigenvalue weighted by Crippen LogP contribution is 2.31. The number of hydrogen-bond acceptors (Lipinski definition) is 4. The molecule has 2 heterocycles. The van der Waals surface area contributed by atoms with Crippen LogP contribution in [0.25, 0.3) is 67.5 Å². The number of rotatable bonds is 5. The lowest BCUT2D eigenvalue weighted by Crippen LogP contribution is -2.10. The Bertz CT molecular complexity index is 2140. The predicted octanol–water partition coefficient (Wildman–Crippen LogP) is 11.3. The van der Waals surface area contributed by atoms with Gasteiger partial charge in [-0.05, 0) is 51.3 Å². The number of pyridine rings is 1. The van der Waals surface area contributed by atoms with E-state index in [2.05, 4.69) is 163 Å². The van der Waals surface area contributed by atoms with Gasteiger partial charge in [0.1, 0.15) is 0 Å². The van der Waals surface area contributed by atoms with Crippen LogP contribution in [0.4, 0.5) is 0 Å². The van der Waals surface area contributed by atoms with Gasteiger partial charge in [-0.3, -0.25) is 0 Å². The summed E-state index contributed by atoms with van der Waals surface area (Å²) in [5, 5.41) is 1.14. The van der Waals surface area contributed by atoms with Crippen LogP contribution in [0.5, 0.6) is 0 Å². The molecular formula is C44H40N4. The average Bonchev–Trinajstić information content (AvgIpc) is 3.11. The Hall–Kier alpha value is -5.48. The summed E-state index contributed by atoms with van der Waals surface area (Å²) in [6.45, 7) is 13.3. The molecule has 0 bridgehead atoms. The minimum atomic E-state index is 0.0655. The Labute approximate surface area is 283 Å². The van der Waals surface area contributed by atoms with Gasteiger partial charge in [0, 0.05) is 27.6 Å². The molecule has 0 aliphatic heterocycles. The Morgan fingerprint density at radius 3 is 1.33 bits per heavy atom. The molecule has 0 radical (unpaired) electrons. The topological polar surface area (TPSA) is 51.6 Å². The highest BCUT2D eigenvalue weighted by molar-refractivity contribution is 5.82. The van der Waals surface area contributed by atoms with Crippen LogP contribution >= 0.6 is 0 Å². The van der Waals surface area contributed by atoms with Crippen LogP contribution in [0.15, 0.2) is 133 Å². The molecule has 236 valence electrons. The quantitative estimate of drug-likeness (QED) is 0.191. The maximum Gasteiger partial charge on any atom is 0.164 e. The molecule has 0 atom stereocenters. The van der Waals surface area contributed by atoms with Crippen molar-refractivity contribution in [2.45, 2.75) is 52.4 Å². The summed E-state index contributed by atoms with van der Waals surface area (Å²) >= 11 is 0. The SMILES string of the molecule is CC(C)(C)c1ccc(-c2nc(-c3ccc(-c4cccc(-c5ccc6ccccc6n5)c4)cc3)nc(-c3ccc(C(C)(C)C)cc3)n2)cc1. The fraction of sp³-hybridized carbons (Fsp3) is 0.182. The molecule has 5 aromatic carbocycles. The van der Waals surface area contributed by atoms with Crippen molar-refractivity contribution in [2.75, 3.05) is 0 Å². The predicted molar refractivity (Wildman–Crippen MR) is 200 cm³/mol. The molecular weight excluding hydrogens is 585 g/mol. The van der Waals surface area contributed by atoms with E-state index in [-0.39, 0.29) is 10.8 Å². The molecule has 2 aromatic heterocycles. The summed E-state index contributed by atoms with van der Waals surface area (Å²) < 4.78 is 0. The number of para-hydroxylation sites is 1. The van der Waals surface area contributed by atoms with Crippen LogP contribution < -0.4 is 0 Å². The molecule has 7 aromatic rings. The van der Waals surface area contributed by atoms with Gasteiger partial charge in [0.2, 0.25) is 0 Å². The number of fused-ring (bicyclic) bond motifs is 1. The zero-order chi connectivity index (χ0) is 33.5. The Kier molecular flexibility index (Phi) is 7.96. The van der Waals surface area contributed by atoms with Gasteiger partial charge in [0.05, 0.1) is 11.2 Å². The fourth-order valence-electron chi connectivity index (χ4n) is 5.90. The van der Waals surface area contributed by atoms with Crippen molar-refractivity contribution in [2.24, 2.45) is 0 Å². The van der Waals surface area contributed by atoms with Crippen molar-refractivity contribution in [1.82, 2.24) is 19.9 Å². The van der Waals surface area contributed by atoms with E-state index in [1.165, 1.54) is 11.1 Å². The van der Waals surface area contributed by atoms with Crippen molar-refractivity contribution in [3.63, 3.8) is 0 Å². The molecule has 0 saturated carbocycles. The van der Waals surface area contributed by atoms with Gasteiger partial charge in [0.25, 0.3) is 0 Å². The van der Waals surface area contributed by atoms with Crippen molar-refractivity contribution >= 4 is 10.9 Å². The third kappa shape index (κ3) is 6.52. The molecule has 4 nitrogen and oxygen atoms in total. The summed E-state index contributed by atoms with van der Waals surface area (Å²) in [5.41, 5.74) is 10.8. The molecule has 48 heavy (non-hydrogen) atoms.